The molecule has 0 fully saturated rings. The number of carbonyl (C=O) groups is 1. The van der Waals surface area contributed by atoms with Crippen LogP contribution in [0.3, 0.4) is 0 Å². The standard InChI is InChI=1S/C23H27N3O3S/c1-15(2)23(16-8-9-18-19(12-16)29-11-10-28-18)25-21(27)13-26(3)14-22-24-17-6-4-5-7-20(17)30-22/h4-9,12,15,23H,10-11,13-14H2,1-3H3,(H,25,27)/p+1/t23-/m1/s1. The number of hydrogen-bond acceptors (Lipinski definition) is 5. The van der Waals surface area contributed by atoms with Gasteiger partial charge in [0.05, 0.1) is 23.3 Å². The van der Waals surface area contributed by atoms with E-state index in [1.54, 1.807) is 11.3 Å². The van der Waals surface area contributed by atoms with E-state index in [2.05, 4.69) is 30.2 Å². The van der Waals surface area contributed by atoms with Crippen molar-refractivity contribution >= 4 is 27.5 Å². The van der Waals surface area contributed by atoms with E-state index in [0.717, 1.165) is 39.0 Å². The number of quaternary nitrogens is 1. The number of thiazole rings is 1. The van der Waals surface area contributed by atoms with Crippen LogP contribution in [0.25, 0.3) is 10.2 Å². The van der Waals surface area contributed by atoms with Gasteiger partial charge in [-0.25, -0.2) is 4.98 Å². The average Bonchev–Trinajstić information content (AvgIpc) is 3.13. The van der Waals surface area contributed by atoms with Crippen molar-refractivity contribution in [1.29, 1.82) is 0 Å². The van der Waals surface area contributed by atoms with E-state index in [4.69, 9.17) is 9.47 Å². The lowest BCUT2D eigenvalue weighted by Gasteiger charge is -2.26. The third-order valence-electron chi connectivity index (χ3n) is 5.16. The summed E-state index contributed by atoms with van der Waals surface area (Å²) >= 11 is 1.69. The molecule has 3 aromatic rings. The average molecular weight is 427 g/mol. The van der Waals surface area contributed by atoms with E-state index in [-0.39, 0.29) is 17.9 Å². The molecule has 0 spiro atoms. The Balaban J connectivity index is 1.39. The number of nitrogens with zero attached hydrogens (tertiary/aromatic N) is 1. The van der Waals surface area contributed by atoms with Crippen LogP contribution >= 0.6 is 11.3 Å². The topological polar surface area (TPSA) is 64.9 Å². The lowest BCUT2D eigenvalue weighted by Crippen LogP contribution is -3.08. The van der Waals surface area contributed by atoms with Crippen molar-refractivity contribution in [2.45, 2.75) is 26.4 Å². The number of aromatic nitrogens is 1. The first-order chi connectivity index (χ1) is 14.5. The van der Waals surface area contributed by atoms with E-state index < -0.39 is 0 Å². The highest BCUT2D eigenvalue weighted by Gasteiger charge is 2.23. The van der Waals surface area contributed by atoms with E-state index in [0.29, 0.717) is 19.8 Å². The molecule has 0 radical (unpaired) electrons. The fraction of sp³-hybridized carbons (Fsp3) is 0.391. The molecule has 2 atom stereocenters. The Bertz CT molecular complexity index is 1000. The van der Waals surface area contributed by atoms with Crippen LogP contribution in [0.4, 0.5) is 0 Å². The maximum absolute atomic E-state index is 12.8. The quantitative estimate of drug-likeness (QED) is 0.610. The van der Waals surface area contributed by atoms with Crippen LogP contribution in [0.2, 0.25) is 0 Å². The largest absolute Gasteiger partial charge is 0.486 e. The molecule has 7 heteroatoms. The summed E-state index contributed by atoms with van der Waals surface area (Å²) in [6.07, 6.45) is 0. The van der Waals surface area contributed by atoms with Crippen LogP contribution in [0, 0.1) is 5.92 Å². The van der Waals surface area contributed by atoms with Crippen molar-refractivity contribution < 1.29 is 19.2 Å². The SMILES string of the molecule is CC(C)[C@@H](NC(=O)C[NH+](C)Cc1nc2ccccc2s1)c1ccc2c(c1)OCCO2. The van der Waals surface area contributed by atoms with Crippen molar-refractivity contribution in [3.63, 3.8) is 0 Å². The normalized spacial score (nSPS) is 15.2. The smallest absolute Gasteiger partial charge is 0.275 e. The summed E-state index contributed by atoms with van der Waals surface area (Å²) in [5, 5.41) is 4.26. The number of carbonyl (C=O) groups excluding carboxylic acids is 1. The molecule has 6 nitrogen and oxygen atoms in total. The minimum atomic E-state index is -0.0800. The van der Waals surface area contributed by atoms with E-state index in [9.17, 15) is 4.79 Å². The number of nitrogens with one attached hydrogen (secondary N) is 2. The molecule has 2 heterocycles. The van der Waals surface area contributed by atoms with Crippen LogP contribution in [0.1, 0.15) is 30.5 Å². The first-order valence-corrected chi connectivity index (χ1v) is 11.2. The van der Waals surface area contributed by atoms with E-state index >= 15 is 0 Å². The zero-order valence-corrected chi connectivity index (χ0v) is 18.4. The summed E-state index contributed by atoms with van der Waals surface area (Å²) in [6, 6.07) is 14.0. The third-order valence-corrected chi connectivity index (χ3v) is 6.20. The van der Waals surface area contributed by atoms with Gasteiger partial charge in [0.25, 0.3) is 5.91 Å². The van der Waals surface area contributed by atoms with Crippen LogP contribution < -0.4 is 19.7 Å². The minimum absolute atomic E-state index is 0.0298. The molecular weight excluding hydrogens is 398 g/mol. The van der Waals surface area contributed by atoms with Gasteiger partial charge in [-0.2, -0.15) is 0 Å². The molecule has 0 saturated heterocycles. The van der Waals surface area contributed by atoms with Gasteiger partial charge in [0, 0.05) is 0 Å². The summed E-state index contributed by atoms with van der Waals surface area (Å²) in [7, 11) is 2.03. The third kappa shape index (κ3) is 4.74. The fourth-order valence-corrected chi connectivity index (χ4v) is 4.78. The molecule has 1 aliphatic rings. The van der Waals surface area contributed by atoms with Crippen molar-refractivity contribution in [2.75, 3.05) is 26.8 Å². The number of amides is 1. The predicted octanol–water partition coefficient (Wildman–Crippen LogP) is 2.60. The number of hydrogen-bond donors (Lipinski definition) is 2. The van der Waals surface area contributed by atoms with Gasteiger partial charge in [-0.15, -0.1) is 11.3 Å². The molecule has 158 valence electrons. The molecule has 1 aromatic heterocycles. The molecule has 1 aliphatic heterocycles. The predicted molar refractivity (Wildman–Crippen MR) is 118 cm³/mol. The van der Waals surface area contributed by atoms with Gasteiger partial charge >= 0.3 is 0 Å². The molecular formula is C23H28N3O3S+. The molecule has 0 aliphatic carbocycles. The highest BCUT2D eigenvalue weighted by atomic mass is 32.1. The van der Waals surface area contributed by atoms with Gasteiger partial charge < -0.3 is 19.7 Å². The Kier molecular flexibility index (Phi) is 6.20. The highest BCUT2D eigenvalue weighted by Crippen LogP contribution is 2.34. The van der Waals surface area contributed by atoms with E-state index in [1.165, 1.54) is 4.70 Å². The van der Waals surface area contributed by atoms with Crippen molar-refractivity contribution in [3.8, 4) is 11.5 Å². The Labute approximate surface area is 180 Å². The molecule has 0 bridgehead atoms. The Morgan fingerprint density at radius 2 is 1.93 bits per heavy atom. The first-order valence-electron chi connectivity index (χ1n) is 10.3. The molecule has 2 N–H and O–H groups in total. The van der Waals surface area contributed by atoms with Gasteiger partial charge in [-0.1, -0.05) is 32.0 Å². The monoisotopic (exact) mass is 426 g/mol. The lowest BCUT2D eigenvalue weighted by molar-refractivity contribution is -0.885. The van der Waals surface area contributed by atoms with Crippen LogP contribution in [0.5, 0.6) is 11.5 Å². The van der Waals surface area contributed by atoms with Gasteiger partial charge in [0.1, 0.15) is 24.8 Å². The Morgan fingerprint density at radius 3 is 2.70 bits per heavy atom. The maximum atomic E-state index is 12.8. The fourth-order valence-electron chi connectivity index (χ4n) is 3.70. The van der Waals surface area contributed by atoms with Crippen molar-refractivity contribution in [2.24, 2.45) is 5.92 Å². The second kappa shape index (κ2) is 9.02. The van der Waals surface area contributed by atoms with Gasteiger partial charge in [0.15, 0.2) is 18.0 Å². The van der Waals surface area contributed by atoms with Crippen molar-refractivity contribution in [3.05, 3.63) is 53.0 Å². The number of rotatable bonds is 7. The number of para-hydroxylation sites is 1. The first kappa shape index (κ1) is 20.6. The summed E-state index contributed by atoms with van der Waals surface area (Å²) in [6.45, 7) is 6.46. The second-order valence-electron chi connectivity index (χ2n) is 8.08. The second-order valence-corrected chi connectivity index (χ2v) is 9.19. The summed E-state index contributed by atoms with van der Waals surface area (Å²) < 4.78 is 12.5. The van der Waals surface area contributed by atoms with Gasteiger partial charge in [-0.3, -0.25) is 4.79 Å². The molecule has 1 unspecified atom stereocenters. The van der Waals surface area contributed by atoms with Gasteiger partial charge in [0.2, 0.25) is 0 Å². The molecule has 2 aromatic carbocycles. The zero-order valence-electron chi connectivity index (χ0n) is 17.6. The molecule has 1 amide bonds. The Morgan fingerprint density at radius 1 is 1.17 bits per heavy atom. The van der Waals surface area contributed by atoms with Crippen LogP contribution in [-0.2, 0) is 11.3 Å². The zero-order chi connectivity index (χ0) is 21.1. The van der Waals surface area contributed by atoms with E-state index in [1.807, 2.05) is 43.4 Å². The number of ether oxygens (including phenoxy) is 2. The molecule has 30 heavy (non-hydrogen) atoms. The summed E-state index contributed by atoms with van der Waals surface area (Å²) in [5.41, 5.74) is 2.06. The van der Waals surface area contributed by atoms with Crippen LogP contribution in [0.15, 0.2) is 42.5 Å². The van der Waals surface area contributed by atoms with Crippen LogP contribution in [-0.4, -0.2) is 37.7 Å². The Hall–Kier alpha value is -2.64. The lowest BCUT2D eigenvalue weighted by atomic mass is 9.95. The van der Waals surface area contributed by atoms with Gasteiger partial charge in [-0.05, 0) is 35.7 Å². The minimum Gasteiger partial charge on any atom is -0.486 e. The maximum Gasteiger partial charge on any atom is 0.275 e. The number of fused-ring (bicyclic) bond motifs is 2. The highest BCUT2D eigenvalue weighted by molar-refractivity contribution is 7.18. The number of likely N-dealkylation sites (N-methyl/N-ethyl adjacent to an activating group) is 1. The summed E-state index contributed by atoms with van der Waals surface area (Å²) in [5.74, 6) is 1.79. The molecule has 4 rings (SSSR count). The van der Waals surface area contributed by atoms with Crippen molar-refractivity contribution in [1.82, 2.24) is 10.3 Å². The molecule has 0 saturated carbocycles. The number of benzene rings is 2. The summed E-state index contributed by atoms with van der Waals surface area (Å²) in [4.78, 5) is 18.6.